The third-order valence-corrected chi connectivity index (χ3v) is 6.81. The van der Waals surface area contributed by atoms with Crippen molar-refractivity contribution in [1.29, 1.82) is 0 Å². The summed E-state index contributed by atoms with van der Waals surface area (Å²) in [4.78, 5) is 29.3. The van der Waals surface area contributed by atoms with Gasteiger partial charge in [-0.05, 0) is 51.6 Å². The fourth-order valence-corrected chi connectivity index (χ4v) is 5.02. The van der Waals surface area contributed by atoms with Gasteiger partial charge >= 0.3 is 0 Å². The number of carbonyl (C=O) groups is 1. The molecule has 1 fully saturated rings. The summed E-state index contributed by atoms with van der Waals surface area (Å²) in [7, 11) is 4.11. The van der Waals surface area contributed by atoms with Crippen molar-refractivity contribution >= 4 is 28.5 Å². The number of nitrogens with zero attached hydrogens (tertiary/aromatic N) is 5. The van der Waals surface area contributed by atoms with Gasteiger partial charge in [-0.2, -0.15) is 0 Å². The molecule has 2 aliphatic heterocycles. The highest BCUT2D eigenvalue weighted by Crippen LogP contribution is 2.36. The van der Waals surface area contributed by atoms with Gasteiger partial charge < -0.3 is 20.1 Å². The van der Waals surface area contributed by atoms with Crippen LogP contribution >= 0.6 is 0 Å². The van der Waals surface area contributed by atoms with Crippen molar-refractivity contribution < 1.29 is 4.79 Å². The number of amides is 1. The Morgan fingerprint density at radius 3 is 2.97 bits per heavy atom. The van der Waals surface area contributed by atoms with Crippen LogP contribution in [0.25, 0.3) is 22.3 Å². The maximum absolute atomic E-state index is 12.9. The first kappa shape index (κ1) is 23.0. The van der Waals surface area contributed by atoms with E-state index in [0.717, 1.165) is 59.5 Å². The summed E-state index contributed by atoms with van der Waals surface area (Å²) in [5.41, 5.74) is 5.55. The van der Waals surface area contributed by atoms with Crippen LogP contribution in [0, 0.1) is 5.92 Å². The lowest BCUT2D eigenvalue weighted by Gasteiger charge is -2.31. The van der Waals surface area contributed by atoms with Gasteiger partial charge in [-0.1, -0.05) is 12.7 Å². The van der Waals surface area contributed by atoms with E-state index >= 15 is 0 Å². The molecule has 0 unspecified atom stereocenters. The molecule has 0 bridgehead atoms. The van der Waals surface area contributed by atoms with E-state index in [1.54, 1.807) is 12.4 Å². The average molecular weight is 470 g/mol. The van der Waals surface area contributed by atoms with Gasteiger partial charge in [0.05, 0.1) is 23.1 Å². The molecular formula is C27H31N7O. The number of fused-ring (bicyclic) bond motifs is 2. The van der Waals surface area contributed by atoms with E-state index in [0.29, 0.717) is 29.5 Å². The van der Waals surface area contributed by atoms with Gasteiger partial charge in [0.1, 0.15) is 11.5 Å². The first-order valence-electron chi connectivity index (χ1n) is 12.0. The van der Waals surface area contributed by atoms with Gasteiger partial charge in [0, 0.05) is 60.7 Å². The molecule has 8 heteroatoms. The summed E-state index contributed by atoms with van der Waals surface area (Å²) in [6.45, 7) is 8.75. The molecule has 180 valence electrons. The molecule has 1 atom stereocenters. The lowest BCUT2D eigenvalue weighted by atomic mass is 9.95. The summed E-state index contributed by atoms with van der Waals surface area (Å²) < 4.78 is 1.98. The van der Waals surface area contributed by atoms with E-state index in [1.807, 2.05) is 49.0 Å². The van der Waals surface area contributed by atoms with Gasteiger partial charge in [-0.3, -0.25) is 9.78 Å². The lowest BCUT2D eigenvalue weighted by Crippen LogP contribution is -2.37. The highest BCUT2D eigenvalue weighted by atomic mass is 16.1. The number of aryl methyl sites for hydroxylation is 1. The van der Waals surface area contributed by atoms with Gasteiger partial charge in [-0.25, -0.2) is 9.98 Å². The second-order valence-corrected chi connectivity index (χ2v) is 9.30. The quantitative estimate of drug-likeness (QED) is 0.437. The SMILES string of the molecule is C=C(NC(/C=C\C)=Nc1cnc(-c2ccnc3c2ccn3C)c2c1C(=O)NC2)[C@@H]1CCCN(C)C1. The normalized spacial score (nSPS) is 18.8. The lowest BCUT2D eigenvalue weighted by molar-refractivity contribution is 0.0966. The molecule has 3 aromatic rings. The number of likely N-dealkylation sites (tertiary alicyclic amines) is 1. The zero-order valence-electron chi connectivity index (χ0n) is 20.5. The van der Waals surface area contributed by atoms with Crippen molar-refractivity contribution in [2.45, 2.75) is 26.3 Å². The number of amidine groups is 1. The smallest absolute Gasteiger partial charge is 0.254 e. The minimum Gasteiger partial charge on any atom is -0.348 e. The number of carbonyl (C=O) groups excluding carboxylic acids is 1. The van der Waals surface area contributed by atoms with Crippen LogP contribution in [0.5, 0.6) is 0 Å². The van der Waals surface area contributed by atoms with Crippen molar-refractivity contribution in [2.75, 3.05) is 20.1 Å². The second-order valence-electron chi connectivity index (χ2n) is 9.30. The molecule has 5 heterocycles. The largest absolute Gasteiger partial charge is 0.348 e. The van der Waals surface area contributed by atoms with Crippen molar-refractivity contribution in [3.05, 3.63) is 66.3 Å². The number of piperidine rings is 1. The fourth-order valence-electron chi connectivity index (χ4n) is 5.02. The molecule has 0 radical (unpaired) electrons. The summed E-state index contributed by atoms with van der Waals surface area (Å²) in [5, 5.41) is 7.37. The third-order valence-electron chi connectivity index (χ3n) is 6.81. The van der Waals surface area contributed by atoms with Gasteiger partial charge in [0.25, 0.3) is 5.91 Å². The second kappa shape index (κ2) is 9.46. The molecule has 2 aliphatic rings. The predicted molar refractivity (Wildman–Crippen MR) is 140 cm³/mol. The Morgan fingerprint density at radius 1 is 1.31 bits per heavy atom. The molecule has 0 aliphatic carbocycles. The van der Waals surface area contributed by atoms with Crippen molar-refractivity contribution in [3.63, 3.8) is 0 Å². The number of hydrogen-bond donors (Lipinski definition) is 2. The minimum absolute atomic E-state index is 0.131. The summed E-state index contributed by atoms with van der Waals surface area (Å²) >= 11 is 0. The first-order chi connectivity index (χ1) is 17.0. The maximum atomic E-state index is 12.9. The summed E-state index contributed by atoms with van der Waals surface area (Å²) in [6, 6.07) is 3.99. The first-order valence-corrected chi connectivity index (χ1v) is 12.0. The van der Waals surface area contributed by atoms with E-state index in [2.05, 4.69) is 34.1 Å². The van der Waals surface area contributed by atoms with Gasteiger partial charge in [0.15, 0.2) is 0 Å². The van der Waals surface area contributed by atoms with E-state index in [9.17, 15) is 4.79 Å². The zero-order valence-corrected chi connectivity index (χ0v) is 20.5. The number of nitrogens with one attached hydrogen (secondary N) is 2. The van der Waals surface area contributed by atoms with Crippen LogP contribution in [0.4, 0.5) is 5.69 Å². The van der Waals surface area contributed by atoms with Crippen molar-refractivity contribution in [1.82, 2.24) is 30.1 Å². The van der Waals surface area contributed by atoms with Gasteiger partial charge in [-0.15, -0.1) is 0 Å². The minimum atomic E-state index is -0.131. The molecule has 0 aromatic carbocycles. The molecule has 0 spiro atoms. The molecular weight excluding hydrogens is 438 g/mol. The summed E-state index contributed by atoms with van der Waals surface area (Å²) in [5.74, 6) is 0.878. The molecule has 3 aromatic heterocycles. The topological polar surface area (TPSA) is 87.4 Å². The predicted octanol–water partition coefficient (Wildman–Crippen LogP) is 3.93. The molecule has 2 N–H and O–H groups in total. The third kappa shape index (κ3) is 4.37. The number of aliphatic imine (C=N–C) groups is 1. The van der Waals surface area contributed by atoms with Crippen LogP contribution in [0.15, 0.2) is 60.1 Å². The Morgan fingerprint density at radius 2 is 2.17 bits per heavy atom. The standard InChI is InChI=1S/C27H31N7O/c1-5-7-23(31-17(2)18-8-6-12-33(3)16-18)32-22-15-29-25(21-14-30-27(35)24(21)22)19-9-11-28-26-20(19)10-13-34(26)4/h5,7,9-11,13,15,18H,2,6,8,12,14,16H2,1,3-4H3,(H,30,35)(H,31,32)/b7-5-/t18-/m1/s1. The highest BCUT2D eigenvalue weighted by Gasteiger charge is 2.28. The van der Waals surface area contributed by atoms with Crippen LogP contribution in [0.2, 0.25) is 0 Å². The Labute approximate surface area is 205 Å². The average Bonchev–Trinajstić information content (AvgIpc) is 3.43. The number of rotatable bonds is 5. The Balaban J connectivity index is 1.53. The van der Waals surface area contributed by atoms with E-state index in [1.165, 1.54) is 0 Å². The van der Waals surface area contributed by atoms with E-state index < -0.39 is 0 Å². The Hall–Kier alpha value is -3.78. The van der Waals surface area contributed by atoms with Crippen LogP contribution < -0.4 is 10.6 Å². The van der Waals surface area contributed by atoms with Crippen LogP contribution in [0.1, 0.15) is 35.7 Å². The van der Waals surface area contributed by atoms with Crippen molar-refractivity contribution in [3.8, 4) is 11.3 Å². The molecule has 5 rings (SSSR count). The van der Waals surface area contributed by atoms with Gasteiger partial charge in [0.2, 0.25) is 0 Å². The molecule has 8 nitrogen and oxygen atoms in total. The number of pyridine rings is 2. The highest BCUT2D eigenvalue weighted by molar-refractivity contribution is 6.07. The number of hydrogen-bond acceptors (Lipinski definition) is 5. The van der Waals surface area contributed by atoms with E-state index in [-0.39, 0.29) is 5.91 Å². The van der Waals surface area contributed by atoms with Crippen molar-refractivity contribution in [2.24, 2.45) is 18.0 Å². The van der Waals surface area contributed by atoms with E-state index in [4.69, 9.17) is 9.98 Å². The summed E-state index contributed by atoms with van der Waals surface area (Å²) in [6.07, 6.45) is 11.5. The monoisotopic (exact) mass is 469 g/mol. The maximum Gasteiger partial charge on any atom is 0.254 e. The molecule has 35 heavy (non-hydrogen) atoms. The van der Waals surface area contributed by atoms with Crippen LogP contribution in [-0.2, 0) is 13.6 Å². The molecule has 0 saturated carbocycles. The number of allylic oxidation sites excluding steroid dienone is 1. The zero-order chi connectivity index (χ0) is 24.5. The van der Waals surface area contributed by atoms with Crippen LogP contribution in [-0.4, -0.2) is 51.3 Å². The molecule has 1 amide bonds. The number of aromatic nitrogens is 3. The molecule has 1 saturated heterocycles. The Kier molecular flexibility index (Phi) is 6.21. The van der Waals surface area contributed by atoms with Crippen LogP contribution in [0.3, 0.4) is 0 Å². The fraction of sp³-hybridized carbons (Fsp3) is 0.333. The Bertz CT molecular complexity index is 1370.